The number of carbonyl (C=O) groups is 8. The van der Waals surface area contributed by atoms with Gasteiger partial charge in [-0.3, -0.25) is 38.4 Å². The van der Waals surface area contributed by atoms with Crippen LogP contribution >= 0.6 is 0 Å². The van der Waals surface area contributed by atoms with E-state index in [1.807, 2.05) is 41.5 Å². The summed E-state index contributed by atoms with van der Waals surface area (Å²) in [5.74, 6) is -14.3. The first-order valence-electron chi connectivity index (χ1n) is 19.7. The molecule has 4 N–H and O–H groups in total. The first kappa shape index (κ1) is 48.6. The van der Waals surface area contributed by atoms with Crippen LogP contribution in [0.1, 0.15) is 86.6 Å². The van der Waals surface area contributed by atoms with Crippen molar-refractivity contribution in [2.24, 2.45) is 23.2 Å². The van der Waals surface area contributed by atoms with Gasteiger partial charge in [0.15, 0.2) is 29.8 Å². The lowest BCUT2D eigenvalue weighted by Crippen LogP contribution is -2.57. The van der Waals surface area contributed by atoms with E-state index in [4.69, 9.17) is 4.74 Å². The molecule has 15 nitrogen and oxygen atoms in total. The molecule has 2 aromatic carbocycles. The normalized spacial score (nSPS) is 16.4. The molecule has 0 aromatic heterocycles. The van der Waals surface area contributed by atoms with Crippen LogP contribution in [0.25, 0.3) is 0 Å². The quantitative estimate of drug-likeness (QED) is 0.143. The Morgan fingerprint density at radius 3 is 2.03 bits per heavy atom. The molecule has 1 heterocycles. The predicted octanol–water partition coefficient (Wildman–Crippen LogP) is 4.61. The number of nitrogens with zero attached hydrogens (tertiary/aromatic N) is 2. The molecule has 4 atom stereocenters. The van der Waals surface area contributed by atoms with Crippen LogP contribution in [-0.2, 0) is 43.8 Å². The summed E-state index contributed by atoms with van der Waals surface area (Å²) in [5, 5.41) is 24.4. The highest BCUT2D eigenvalue weighted by atomic mass is 19.1. The van der Waals surface area contributed by atoms with Gasteiger partial charge in [-0.15, -0.1) is 0 Å². The summed E-state index contributed by atoms with van der Waals surface area (Å²) in [7, 11) is 0. The van der Waals surface area contributed by atoms with Gasteiger partial charge in [0, 0.05) is 18.7 Å². The lowest BCUT2D eigenvalue weighted by molar-refractivity contribution is -0.149. The van der Waals surface area contributed by atoms with E-state index >= 15 is 0 Å². The number of ether oxygens (including phenoxy) is 1. The van der Waals surface area contributed by atoms with E-state index < -0.39 is 132 Å². The van der Waals surface area contributed by atoms with Gasteiger partial charge in [0.25, 0.3) is 11.8 Å². The Morgan fingerprint density at radius 2 is 1.48 bits per heavy atom. The minimum absolute atomic E-state index is 0.0326. The predicted molar refractivity (Wildman–Crippen MR) is 215 cm³/mol. The second-order valence-corrected chi connectivity index (χ2v) is 17.6. The van der Waals surface area contributed by atoms with Crippen molar-refractivity contribution in [1.29, 1.82) is 0 Å². The van der Waals surface area contributed by atoms with Gasteiger partial charge in [-0.2, -0.15) is 0 Å². The van der Waals surface area contributed by atoms with Crippen molar-refractivity contribution in [2.45, 2.75) is 98.6 Å². The van der Waals surface area contributed by atoms with Gasteiger partial charge in [0.05, 0.1) is 24.9 Å². The number of hydrogen-bond donors (Lipinski definition) is 4. The number of benzene rings is 2. The maximum Gasteiger partial charge on any atom is 0.323 e. The van der Waals surface area contributed by atoms with Crippen LogP contribution in [0.3, 0.4) is 0 Å². The average molecular weight is 843 g/mol. The third kappa shape index (κ3) is 13.7. The SMILES string of the molecule is CC(C)[C@H](NC(=O)[C@H](CC(=O)O)CC(=O)C(=O)Nc1ccccc1C(C)(C)C)C(=O)N1CC[C@H](CC(C)(C)C)[C@H]1C(=O)CN(CC(=O)O)C(=O)COc1c(F)cccc1F. The zero-order valence-corrected chi connectivity index (χ0v) is 35.3. The number of halogens is 2. The highest BCUT2D eigenvalue weighted by molar-refractivity contribution is 6.41. The van der Waals surface area contributed by atoms with E-state index in [1.165, 1.54) is 4.90 Å². The van der Waals surface area contributed by atoms with Crippen LogP contribution in [-0.4, -0.2) is 105 Å². The molecule has 0 radical (unpaired) electrons. The molecular formula is C43H56F2N4O11. The Morgan fingerprint density at radius 1 is 0.867 bits per heavy atom. The first-order chi connectivity index (χ1) is 27.8. The van der Waals surface area contributed by atoms with E-state index in [2.05, 4.69) is 10.6 Å². The Kier molecular flexibility index (Phi) is 16.6. The van der Waals surface area contributed by atoms with Gasteiger partial charge >= 0.3 is 11.9 Å². The smallest absolute Gasteiger partial charge is 0.323 e. The fourth-order valence-corrected chi connectivity index (χ4v) is 7.25. The largest absolute Gasteiger partial charge is 0.481 e. The number of carboxylic acids is 2. The molecule has 4 amide bonds. The van der Waals surface area contributed by atoms with Crippen LogP contribution in [0.5, 0.6) is 5.75 Å². The van der Waals surface area contributed by atoms with Gasteiger partial charge in [-0.1, -0.05) is 79.7 Å². The number of hydrogen-bond acceptors (Lipinski definition) is 9. The molecular weight excluding hydrogens is 786 g/mol. The van der Waals surface area contributed by atoms with Crippen molar-refractivity contribution < 1.29 is 62.1 Å². The highest BCUT2D eigenvalue weighted by Crippen LogP contribution is 2.36. The van der Waals surface area contributed by atoms with Crippen molar-refractivity contribution in [3.63, 3.8) is 0 Å². The molecule has 328 valence electrons. The van der Waals surface area contributed by atoms with Crippen LogP contribution in [0.2, 0.25) is 0 Å². The minimum Gasteiger partial charge on any atom is -0.481 e. The lowest BCUT2D eigenvalue weighted by Gasteiger charge is -2.35. The van der Waals surface area contributed by atoms with Crippen LogP contribution in [0.15, 0.2) is 42.5 Å². The second-order valence-electron chi connectivity index (χ2n) is 17.6. The second kappa shape index (κ2) is 20.5. The zero-order chi connectivity index (χ0) is 45.3. The third-order valence-corrected chi connectivity index (χ3v) is 9.99. The Balaban J connectivity index is 1.86. The summed E-state index contributed by atoms with van der Waals surface area (Å²) >= 11 is 0. The van der Waals surface area contributed by atoms with Gasteiger partial charge in [0.1, 0.15) is 12.6 Å². The van der Waals surface area contributed by atoms with E-state index in [0.717, 1.165) is 23.8 Å². The molecule has 0 bridgehead atoms. The number of nitrogens with one attached hydrogen (secondary N) is 2. The Hall–Kier alpha value is -5.74. The van der Waals surface area contributed by atoms with Crippen molar-refractivity contribution in [3.8, 4) is 5.75 Å². The number of para-hydroxylation sites is 2. The summed E-state index contributed by atoms with van der Waals surface area (Å²) in [6.45, 7) is 11.9. The zero-order valence-electron chi connectivity index (χ0n) is 35.3. The summed E-state index contributed by atoms with van der Waals surface area (Å²) in [6, 6.07) is 7.16. The van der Waals surface area contributed by atoms with E-state index in [0.29, 0.717) is 23.4 Å². The maximum absolute atomic E-state index is 14.4. The topological polar surface area (TPSA) is 217 Å². The molecule has 1 saturated heterocycles. The Labute approximate surface area is 348 Å². The average Bonchev–Trinajstić information content (AvgIpc) is 3.53. The molecule has 0 saturated carbocycles. The summed E-state index contributed by atoms with van der Waals surface area (Å²) in [4.78, 5) is 107. The molecule has 17 heteroatoms. The minimum atomic E-state index is -1.56. The van der Waals surface area contributed by atoms with Crippen molar-refractivity contribution in [3.05, 3.63) is 59.7 Å². The summed E-state index contributed by atoms with van der Waals surface area (Å²) in [6.07, 6.45) is -0.897. The number of likely N-dealkylation sites (tertiary alicyclic amines) is 1. The van der Waals surface area contributed by atoms with Crippen molar-refractivity contribution in [2.75, 3.05) is 31.6 Å². The van der Waals surface area contributed by atoms with Gasteiger partial charge in [-0.25, -0.2) is 8.78 Å². The number of ketones is 2. The van der Waals surface area contributed by atoms with Crippen molar-refractivity contribution in [1.82, 2.24) is 15.1 Å². The lowest BCUT2D eigenvalue weighted by atomic mass is 9.80. The standard InChI is InChI=1S/C43H56F2N4O11/c1-24(2)36(47-39(57)26(19-34(53)54)18-31(50)40(58)46-30-15-10-9-12-27(30)43(6,7)8)41(59)49-17-16-25(20-42(3,4)5)37(49)32(51)21-48(22-35(55)56)33(52)23-60-38-28(44)13-11-14-29(38)45/h9-15,24-26,36-37H,16-23H2,1-8H3,(H,46,58)(H,47,57)(H,53,54)(H,55,56)/t25-,26+,36+,37+/m1/s1. The molecule has 0 aliphatic carbocycles. The van der Waals surface area contributed by atoms with Crippen LogP contribution in [0.4, 0.5) is 14.5 Å². The number of carbonyl (C=O) groups excluding carboxylic acids is 6. The third-order valence-electron chi connectivity index (χ3n) is 9.99. The number of amides is 4. The van der Waals surface area contributed by atoms with E-state index in [1.54, 1.807) is 38.1 Å². The molecule has 1 fully saturated rings. The highest BCUT2D eigenvalue weighted by Gasteiger charge is 2.46. The molecule has 60 heavy (non-hydrogen) atoms. The summed E-state index contributed by atoms with van der Waals surface area (Å²) in [5.41, 5.74) is 0.340. The number of Topliss-reactive ketones (excluding diaryl/α,β-unsaturated/α-hetero) is 2. The fraction of sp³-hybridized carbons (Fsp3) is 0.535. The fourth-order valence-electron chi connectivity index (χ4n) is 7.25. The van der Waals surface area contributed by atoms with Gasteiger partial charge < -0.3 is 35.4 Å². The number of aliphatic carboxylic acids is 2. The monoisotopic (exact) mass is 842 g/mol. The van der Waals surface area contributed by atoms with Gasteiger partial charge in [-0.05, 0) is 59.3 Å². The molecule has 1 aliphatic heterocycles. The van der Waals surface area contributed by atoms with Crippen molar-refractivity contribution >= 4 is 52.8 Å². The maximum atomic E-state index is 14.4. The number of rotatable bonds is 19. The number of anilines is 1. The van der Waals surface area contributed by atoms with E-state index in [-0.39, 0.29) is 12.0 Å². The van der Waals surface area contributed by atoms with Crippen LogP contribution in [0, 0.1) is 34.8 Å². The first-order valence-corrected chi connectivity index (χ1v) is 19.7. The molecule has 1 aliphatic rings. The number of carboxylic acid groups (broad SMARTS) is 2. The van der Waals surface area contributed by atoms with Crippen LogP contribution < -0.4 is 15.4 Å². The Bertz CT molecular complexity index is 1940. The van der Waals surface area contributed by atoms with E-state index in [9.17, 15) is 57.4 Å². The molecule has 0 spiro atoms. The molecule has 0 unspecified atom stereocenters. The summed E-state index contributed by atoms with van der Waals surface area (Å²) < 4.78 is 33.4. The van der Waals surface area contributed by atoms with Gasteiger partial charge in [0.2, 0.25) is 17.6 Å². The molecule has 3 rings (SSSR count). The molecule has 2 aromatic rings.